The van der Waals surface area contributed by atoms with Crippen LogP contribution in [0.4, 0.5) is 0 Å². The van der Waals surface area contributed by atoms with Crippen LogP contribution in [0.5, 0.6) is 0 Å². The van der Waals surface area contributed by atoms with Crippen molar-refractivity contribution in [2.75, 3.05) is 0 Å². The van der Waals surface area contributed by atoms with Crippen molar-refractivity contribution in [3.05, 3.63) is 9.72 Å². The first kappa shape index (κ1) is 8.96. The molecule has 0 N–H and O–H groups in total. The Bertz CT molecular complexity index is 234. The molecule has 0 aliphatic carbocycles. The fourth-order valence-corrected chi connectivity index (χ4v) is 1.02. The van der Waals surface area contributed by atoms with Gasteiger partial charge in [0.1, 0.15) is 0 Å². The molecule has 0 saturated heterocycles. The highest BCUT2D eigenvalue weighted by molar-refractivity contribution is 14.1. The van der Waals surface area contributed by atoms with E-state index in [4.69, 9.17) is 4.52 Å². The third-order valence-electron chi connectivity index (χ3n) is 1.81. The summed E-state index contributed by atoms with van der Waals surface area (Å²) in [4.78, 5) is 4.14. The molecule has 0 fully saturated rings. The first-order valence-electron chi connectivity index (χ1n) is 3.60. The van der Waals surface area contributed by atoms with Gasteiger partial charge in [0.05, 0.1) is 0 Å². The lowest BCUT2D eigenvalue weighted by atomic mass is 9.98. The Morgan fingerprint density at radius 1 is 1.36 bits per heavy atom. The second kappa shape index (κ2) is 3.51. The van der Waals surface area contributed by atoms with Crippen molar-refractivity contribution >= 4 is 22.6 Å². The number of aromatic nitrogens is 2. The predicted octanol–water partition coefficient (Wildman–Crippen LogP) is 2.43. The SMILES string of the molecule is CC(C)C(C)c1nc(I)no1. The number of hydrogen-bond donors (Lipinski definition) is 0. The Morgan fingerprint density at radius 3 is 2.36 bits per heavy atom. The third kappa shape index (κ3) is 2.15. The molecule has 11 heavy (non-hydrogen) atoms. The van der Waals surface area contributed by atoms with Crippen molar-refractivity contribution in [2.45, 2.75) is 26.7 Å². The Hall–Kier alpha value is -0.130. The van der Waals surface area contributed by atoms with Gasteiger partial charge in [-0.3, -0.25) is 0 Å². The Labute approximate surface area is 79.7 Å². The number of hydrogen-bond acceptors (Lipinski definition) is 3. The maximum absolute atomic E-state index is 5.02. The molecule has 1 rings (SSSR count). The van der Waals surface area contributed by atoms with Crippen molar-refractivity contribution in [3.63, 3.8) is 0 Å². The summed E-state index contributed by atoms with van der Waals surface area (Å²) in [6.45, 7) is 6.37. The van der Waals surface area contributed by atoms with Gasteiger partial charge in [0.25, 0.3) is 0 Å². The van der Waals surface area contributed by atoms with Crippen LogP contribution in [0.2, 0.25) is 0 Å². The normalized spacial score (nSPS) is 13.9. The molecule has 0 spiro atoms. The van der Waals surface area contributed by atoms with Gasteiger partial charge < -0.3 is 4.52 Å². The molecule has 0 aliphatic heterocycles. The summed E-state index contributed by atoms with van der Waals surface area (Å²) < 4.78 is 5.70. The summed E-state index contributed by atoms with van der Waals surface area (Å²) in [5, 5.41) is 3.72. The van der Waals surface area contributed by atoms with Gasteiger partial charge in [0.15, 0.2) is 0 Å². The molecule has 1 unspecified atom stereocenters. The van der Waals surface area contributed by atoms with E-state index in [9.17, 15) is 0 Å². The lowest BCUT2D eigenvalue weighted by Crippen LogP contribution is -2.01. The maximum Gasteiger partial charge on any atom is 0.232 e. The van der Waals surface area contributed by atoms with Gasteiger partial charge in [-0.15, -0.1) is 0 Å². The fraction of sp³-hybridized carbons (Fsp3) is 0.714. The summed E-state index contributed by atoms with van der Waals surface area (Å²) in [5.41, 5.74) is 0. The smallest absolute Gasteiger partial charge is 0.232 e. The maximum atomic E-state index is 5.02. The van der Waals surface area contributed by atoms with Crippen molar-refractivity contribution in [1.29, 1.82) is 0 Å². The zero-order valence-electron chi connectivity index (χ0n) is 6.84. The zero-order valence-corrected chi connectivity index (χ0v) is 8.99. The molecule has 0 amide bonds. The molecule has 0 bridgehead atoms. The molecule has 0 radical (unpaired) electrons. The van der Waals surface area contributed by atoms with Gasteiger partial charge in [-0.25, -0.2) is 0 Å². The van der Waals surface area contributed by atoms with Crippen LogP contribution in [-0.2, 0) is 0 Å². The van der Waals surface area contributed by atoms with Crippen molar-refractivity contribution in [1.82, 2.24) is 10.1 Å². The van der Waals surface area contributed by atoms with Crippen molar-refractivity contribution < 1.29 is 4.52 Å². The van der Waals surface area contributed by atoms with E-state index in [0.717, 1.165) is 5.89 Å². The molecule has 3 nitrogen and oxygen atoms in total. The van der Waals surface area contributed by atoms with Crippen LogP contribution in [0.25, 0.3) is 0 Å². The van der Waals surface area contributed by atoms with E-state index in [1.807, 2.05) is 22.6 Å². The third-order valence-corrected chi connectivity index (χ3v) is 2.24. The van der Waals surface area contributed by atoms with E-state index in [-0.39, 0.29) is 0 Å². The minimum atomic E-state index is 0.353. The molecular formula is C7H11IN2O. The summed E-state index contributed by atoms with van der Waals surface area (Å²) >= 11 is 2.04. The average Bonchev–Trinajstić information content (AvgIpc) is 2.34. The molecule has 62 valence electrons. The summed E-state index contributed by atoms with van der Waals surface area (Å²) in [5.74, 6) is 1.64. The van der Waals surface area contributed by atoms with Crippen LogP contribution in [0.15, 0.2) is 4.52 Å². The standard InChI is InChI=1S/C7H11IN2O/c1-4(2)5(3)6-9-7(8)10-11-6/h4-5H,1-3H3. The van der Waals surface area contributed by atoms with Gasteiger partial charge in [0.2, 0.25) is 9.72 Å². The van der Waals surface area contributed by atoms with Gasteiger partial charge in [-0.2, -0.15) is 4.98 Å². The molecule has 1 atom stereocenters. The summed E-state index contributed by atoms with van der Waals surface area (Å²) in [6, 6.07) is 0. The lowest BCUT2D eigenvalue weighted by molar-refractivity contribution is 0.329. The molecule has 4 heteroatoms. The fourth-order valence-electron chi connectivity index (χ4n) is 0.686. The molecule has 1 heterocycles. The minimum absolute atomic E-state index is 0.353. The quantitative estimate of drug-likeness (QED) is 0.772. The highest BCUT2D eigenvalue weighted by Crippen LogP contribution is 2.21. The van der Waals surface area contributed by atoms with E-state index in [1.54, 1.807) is 0 Å². The van der Waals surface area contributed by atoms with Crippen molar-refractivity contribution in [2.24, 2.45) is 5.92 Å². The van der Waals surface area contributed by atoms with Crippen LogP contribution < -0.4 is 0 Å². The Balaban J connectivity index is 2.76. The largest absolute Gasteiger partial charge is 0.338 e. The highest BCUT2D eigenvalue weighted by atomic mass is 127. The van der Waals surface area contributed by atoms with Crippen molar-refractivity contribution in [3.8, 4) is 0 Å². The molecule has 0 saturated carbocycles. The van der Waals surface area contributed by atoms with E-state index in [1.165, 1.54) is 0 Å². The Morgan fingerprint density at radius 2 is 2.00 bits per heavy atom. The predicted molar refractivity (Wildman–Crippen MR) is 50.3 cm³/mol. The zero-order chi connectivity index (χ0) is 8.43. The molecule has 0 aliphatic rings. The van der Waals surface area contributed by atoms with Crippen LogP contribution in [0.3, 0.4) is 0 Å². The lowest BCUT2D eigenvalue weighted by Gasteiger charge is -2.08. The first-order valence-corrected chi connectivity index (χ1v) is 4.68. The first-order chi connectivity index (χ1) is 5.11. The molecule has 1 aromatic heterocycles. The van der Waals surface area contributed by atoms with Gasteiger partial charge in [-0.1, -0.05) is 25.9 Å². The summed E-state index contributed by atoms with van der Waals surface area (Å²) in [7, 11) is 0. The average molecular weight is 266 g/mol. The summed E-state index contributed by atoms with van der Waals surface area (Å²) in [6.07, 6.45) is 0. The number of halogens is 1. The molecule has 0 aromatic carbocycles. The molecule has 1 aromatic rings. The van der Waals surface area contributed by atoms with Crippen LogP contribution in [-0.4, -0.2) is 10.1 Å². The van der Waals surface area contributed by atoms with E-state index in [0.29, 0.717) is 15.7 Å². The van der Waals surface area contributed by atoms with Crippen LogP contribution in [0, 0.1) is 9.75 Å². The van der Waals surface area contributed by atoms with Gasteiger partial charge in [0, 0.05) is 28.5 Å². The van der Waals surface area contributed by atoms with E-state index in [2.05, 4.69) is 30.9 Å². The van der Waals surface area contributed by atoms with Gasteiger partial charge in [-0.05, 0) is 5.92 Å². The number of rotatable bonds is 2. The van der Waals surface area contributed by atoms with Crippen LogP contribution in [0.1, 0.15) is 32.6 Å². The second-order valence-corrected chi connectivity index (χ2v) is 3.90. The minimum Gasteiger partial charge on any atom is -0.338 e. The Kier molecular flexibility index (Phi) is 2.86. The molecular weight excluding hydrogens is 255 g/mol. The monoisotopic (exact) mass is 266 g/mol. The topological polar surface area (TPSA) is 38.9 Å². The highest BCUT2D eigenvalue weighted by Gasteiger charge is 2.16. The number of nitrogens with zero attached hydrogens (tertiary/aromatic N) is 2. The van der Waals surface area contributed by atoms with Gasteiger partial charge >= 0.3 is 0 Å². The van der Waals surface area contributed by atoms with E-state index < -0.39 is 0 Å². The van der Waals surface area contributed by atoms with Crippen LogP contribution >= 0.6 is 22.6 Å². The second-order valence-electron chi connectivity index (χ2n) is 2.93. The van der Waals surface area contributed by atoms with E-state index >= 15 is 0 Å².